The van der Waals surface area contributed by atoms with E-state index in [0.717, 1.165) is 18.4 Å². The molecule has 8 heteroatoms. The van der Waals surface area contributed by atoms with Gasteiger partial charge < -0.3 is 4.90 Å². The number of benzene rings is 2. The molecule has 1 heterocycles. The summed E-state index contributed by atoms with van der Waals surface area (Å²) in [4.78, 5) is 14.5. The van der Waals surface area contributed by atoms with E-state index >= 15 is 0 Å². The molecule has 0 saturated carbocycles. The number of hydrogen-bond donors (Lipinski definition) is 1. The van der Waals surface area contributed by atoms with E-state index in [1.54, 1.807) is 11.0 Å². The molecule has 1 saturated heterocycles. The van der Waals surface area contributed by atoms with Crippen molar-refractivity contribution in [2.45, 2.75) is 30.2 Å². The number of rotatable bonds is 6. The summed E-state index contributed by atoms with van der Waals surface area (Å²) in [6.45, 7) is 1.28. The molecule has 3 rings (SSSR count). The first-order chi connectivity index (χ1) is 12.9. The molecule has 0 aromatic heterocycles. The zero-order valence-corrected chi connectivity index (χ0v) is 16.9. The van der Waals surface area contributed by atoms with Gasteiger partial charge in [0, 0.05) is 13.1 Å². The third-order valence-electron chi connectivity index (χ3n) is 4.48. The van der Waals surface area contributed by atoms with Crippen molar-refractivity contribution in [3.8, 4) is 0 Å². The molecule has 0 bridgehead atoms. The molecule has 5 nitrogen and oxygen atoms in total. The first-order valence-corrected chi connectivity index (χ1v) is 10.9. The summed E-state index contributed by atoms with van der Waals surface area (Å²) in [5.74, 6) is -0.233. The first kappa shape index (κ1) is 20.1. The van der Waals surface area contributed by atoms with Crippen LogP contribution >= 0.6 is 23.2 Å². The van der Waals surface area contributed by atoms with E-state index in [0.29, 0.717) is 13.1 Å². The predicted molar refractivity (Wildman–Crippen MR) is 107 cm³/mol. The fraction of sp³-hybridized carbons (Fsp3) is 0.316. The quantitative estimate of drug-likeness (QED) is 0.768. The Kier molecular flexibility index (Phi) is 6.42. The summed E-state index contributed by atoms with van der Waals surface area (Å²) in [7, 11) is -4.08. The number of nitrogens with zero attached hydrogens (tertiary/aromatic N) is 1. The van der Waals surface area contributed by atoms with Gasteiger partial charge in [0.05, 0.1) is 10.0 Å². The molecule has 1 aliphatic heterocycles. The number of sulfonamides is 1. The van der Waals surface area contributed by atoms with Crippen molar-refractivity contribution in [3.05, 3.63) is 64.1 Å². The van der Waals surface area contributed by atoms with E-state index in [-0.39, 0.29) is 27.3 Å². The molecule has 1 atom stereocenters. The molecular weight excluding hydrogens is 407 g/mol. The van der Waals surface area contributed by atoms with Gasteiger partial charge in [-0.3, -0.25) is 4.79 Å². The maximum absolute atomic E-state index is 13.0. The molecule has 1 unspecified atom stereocenters. The second-order valence-corrected chi connectivity index (χ2v) is 8.91. The first-order valence-electron chi connectivity index (χ1n) is 8.67. The Balaban J connectivity index is 1.91. The van der Waals surface area contributed by atoms with Gasteiger partial charge in [-0.15, -0.1) is 0 Å². The number of hydrogen-bond acceptors (Lipinski definition) is 3. The molecule has 1 N–H and O–H groups in total. The van der Waals surface area contributed by atoms with Gasteiger partial charge in [0.2, 0.25) is 15.9 Å². The lowest BCUT2D eigenvalue weighted by Crippen LogP contribution is -2.48. The van der Waals surface area contributed by atoms with Crippen molar-refractivity contribution in [2.24, 2.45) is 0 Å². The lowest BCUT2D eigenvalue weighted by molar-refractivity contribution is -0.131. The van der Waals surface area contributed by atoms with Gasteiger partial charge in [-0.25, -0.2) is 8.42 Å². The molecule has 0 spiro atoms. The predicted octanol–water partition coefficient (Wildman–Crippen LogP) is 3.51. The van der Waals surface area contributed by atoms with Crippen LogP contribution in [0.1, 0.15) is 18.4 Å². The van der Waals surface area contributed by atoms with Crippen LogP contribution in [0, 0.1) is 0 Å². The maximum atomic E-state index is 13.0. The van der Waals surface area contributed by atoms with E-state index in [1.807, 2.05) is 30.3 Å². The van der Waals surface area contributed by atoms with E-state index < -0.39 is 16.1 Å². The third kappa shape index (κ3) is 4.82. The van der Waals surface area contributed by atoms with Gasteiger partial charge in [-0.1, -0.05) is 59.6 Å². The second-order valence-electron chi connectivity index (χ2n) is 6.45. The summed E-state index contributed by atoms with van der Waals surface area (Å²) in [5, 5.41) is 0.0316. The number of halogens is 2. The van der Waals surface area contributed by atoms with E-state index in [1.165, 1.54) is 12.1 Å². The monoisotopic (exact) mass is 426 g/mol. The van der Waals surface area contributed by atoms with E-state index in [9.17, 15) is 13.2 Å². The fourth-order valence-electron chi connectivity index (χ4n) is 3.17. The van der Waals surface area contributed by atoms with Gasteiger partial charge in [0.25, 0.3) is 0 Å². The number of nitrogens with one attached hydrogen (secondary N) is 1. The van der Waals surface area contributed by atoms with Crippen molar-refractivity contribution < 1.29 is 13.2 Å². The fourth-order valence-corrected chi connectivity index (χ4v) is 5.51. The zero-order valence-electron chi connectivity index (χ0n) is 14.6. The summed E-state index contributed by atoms with van der Waals surface area (Å²) >= 11 is 12.1. The Bertz CT molecular complexity index is 894. The average molecular weight is 427 g/mol. The van der Waals surface area contributed by atoms with Gasteiger partial charge in [0.15, 0.2) is 0 Å². The lowest BCUT2D eigenvalue weighted by atomic mass is 10.1. The van der Waals surface area contributed by atoms with E-state index in [2.05, 4.69) is 4.72 Å². The molecule has 1 aliphatic rings. The van der Waals surface area contributed by atoms with Crippen LogP contribution < -0.4 is 4.72 Å². The van der Waals surface area contributed by atoms with Gasteiger partial charge in [-0.2, -0.15) is 4.72 Å². The van der Waals surface area contributed by atoms with Crippen molar-refractivity contribution >= 4 is 39.1 Å². The standard InChI is InChI=1S/C19H20Cl2N2O3S/c20-15-9-6-10-16(21)18(15)27(25,26)22-17(13-14-7-2-1-3-8-14)19(24)23-11-4-5-12-23/h1-3,6-10,17,22H,4-5,11-13H2. The zero-order chi connectivity index (χ0) is 19.4. The van der Waals surface area contributed by atoms with Crippen LogP contribution in [-0.2, 0) is 21.2 Å². The highest BCUT2D eigenvalue weighted by atomic mass is 35.5. The Labute approximate surface area is 169 Å². The van der Waals surface area contributed by atoms with E-state index in [4.69, 9.17) is 23.2 Å². The molecule has 2 aromatic carbocycles. The minimum absolute atomic E-state index is 0.0158. The van der Waals surface area contributed by atoms with Crippen LogP contribution in [-0.4, -0.2) is 38.4 Å². The summed E-state index contributed by atoms with van der Waals surface area (Å²) in [6.07, 6.45) is 2.09. The summed E-state index contributed by atoms with van der Waals surface area (Å²) < 4.78 is 28.4. The Hall–Kier alpha value is -1.60. The molecule has 144 valence electrons. The highest BCUT2D eigenvalue weighted by Crippen LogP contribution is 2.29. The largest absolute Gasteiger partial charge is 0.341 e. The maximum Gasteiger partial charge on any atom is 0.244 e. The average Bonchev–Trinajstić information content (AvgIpc) is 3.15. The SMILES string of the molecule is O=C(C(Cc1ccccc1)NS(=O)(=O)c1c(Cl)cccc1Cl)N1CCCC1. The van der Waals surface area contributed by atoms with Crippen LogP contribution in [0.2, 0.25) is 10.0 Å². The van der Waals surface area contributed by atoms with Gasteiger partial charge in [-0.05, 0) is 37.0 Å². The molecular formula is C19H20Cl2N2O3S. The van der Waals surface area contributed by atoms with Crippen LogP contribution in [0.3, 0.4) is 0 Å². The highest BCUT2D eigenvalue weighted by molar-refractivity contribution is 7.89. The van der Waals surface area contributed by atoms with Gasteiger partial charge >= 0.3 is 0 Å². The molecule has 27 heavy (non-hydrogen) atoms. The number of carbonyl (C=O) groups is 1. The second kappa shape index (κ2) is 8.61. The van der Waals surface area contributed by atoms with Crippen molar-refractivity contribution in [2.75, 3.05) is 13.1 Å². The Morgan fingerprint density at radius 1 is 1.00 bits per heavy atom. The van der Waals surface area contributed by atoms with Crippen LogP contribution in [0.5, 0.6) is 0 Å². The minimum Gasteiger partial charge on any atom is -0.341 e. The van der Waals surface area contributed by atoms with Crippen molar-refractivity contribution in [3.63, 3.8) is 0 Å². The summed E-state index contributed by atoms with van der Waals surface area (Å²) in [6, 6.07) is 12.9. The number of likely N-dealkylation sites (tertiary alicyclic amines) is 1. The Morgan fingerprint density at radius 3 is 2.19 bits per heavy atom. The van der Waals surface area contributed by atoms with Crippen LogP contribution in [0.4, 0.5) is 0 Å². The topological polar surface area (TPSA) is 66.5 Å². The van der Waals surface area contributed by atoms with Crippen LogP contribution in [0.15, 0.2) is 53.4 Å². The smallest absolute Gasteiger partial charge is 0.244 e. The minimum atomic E-state index is -4.08. The van der Waals surface area contributed by atoms with Gasteiger partial charge in [0.1, 0.15) is 10.9 Å². The molecule has 0 radical (unpaired) electrons. The van der Waals surface area contributed by atoms with Crippen molar-refractivity contribution in [1.29, 1.82) is 0 Å². The summed E-state index contributed by atoms with van der Waals surface area (Å²) in [5.41, 5.74) is 0.864. The molecule has 0 aliphatic carbocycles. The lowest BCUT2D eigenvalue weighted by Gasteiger charge is -2.24. The highest BCUT2D eigenvalue weighted by Gasteiger charge is 2.32. The molecule has 2 aromatic rings. The molecule has 1 fully saturated rings. The molecule has 1 amide bonds. The third-order valence-corrected chi connectivity index (χ3v) is 6.91. The van der Waals surface area contributed by atoms with Crippen LogP contribution in [0.25, 0.3) is 0 Å². The number of carbonyl (C=O) groups excluding carboxylic acids is 1. The Morgan fingerprint density at radius 2 is 1.59 bits per heavy atom. The normalized spacial score (nSPS) is 15.7. The number of amides is 1. The van der Waals surface area contributed by atoms with Crippen molar-refractivity contribution in [1.82, 2.24) is 9.62 Å².